The molecule has 0 aromatic heterocycles. The quantitative estimate of drug-likeness (QED) is 0.124. The van der Waals surface area contributed by atoms with Crippen LogP contribution in [0.5, 0.6) is 0 Å². The van der Waals surface area contributed by atoms with Crippen LogP contribution in [-0.4, -0.2) is 112 Å². The van der Waals surface area contributed by atoms with Crippen LogP contribution < -0.4 is 0 Å². The highest BCUT2D eigenvalue weighted by molar-refractivity contribution is 4.46. The van der Waals surface area contributed by atoms with Crippen LogP contribution in [0.3, 0.4) is 0 Å². The summed E-state index contributed by atoms with van der Waals surface area (Å²) in [6.45, 7) is 10.1. The Morgan fingerprint density at radius 2 is 0.571 bits per heavy atom. The molecule has 0 fully saturated rings. The van der Waals surface area contributed by atoms with Crippen molar-refractivity contribution in [2.24, 2.45) is 0 Å². The van der Waals surface area contributed by atoms with Crippen molar-refractivity contribution in [2.75, 3.05) is 112 Å². The minimum atomic E-state index is -0.465. The number of rotatable bonds is 32. The summed E-state index contributed by atoms with van der Waals surface area (Å²) < 4.78 is 54.8. The fourth-order valence-corrected chi connectivity index (χ4v) is 3.03. The largest absolute Gasteiger partial charge is 0.379 e. The Kier molecular flexibility index (Phi) is 33.2. The van der Waals surface area contributed by atoms with E-state index in [1.807, 2.05) is 0 Å². The Balaban J connectivity index is 3.00. The standard InChI is InChI=1S/C26H53FO8/c1-2-3-4-5-6-7-8-9-11-28-13-15-30-17-19-32-21-23-34-25-26-35-24-22-33-20-18-31-16-14-29-12-10-27/h2-26H2,1H3. The van der Waals surface area contributed by atoms with Gasteiger partial charge in [0.2, 0.25) is 0 Å². The normalized spacial score (nSPS) is 11.5. The first-order valence-corrected chi connectivity index (χ1v) is 13.6. The van der Waals surface area contributed by atoms with Gasteiger partial charge in [-0.05, 0) is 6.42 Å². The van der Waals surface area contributed by atoms with E-state index in [0.29, 0.717) is 92.5 Å². The Bertz CT molecular complexity index is 334. The van der Waals surface area contributed by atoms with Crippen molar-refractivity contribution in [3.8, 4) is 0 Å². The molecule has 0 aliphatic rings. The molecule has 0 N–H and O–H groups in total. The average Bonchev–Trinajstić information content (AvgIpc) is 2.87. The molecule has 0 amide bonds. The van der Waals surface area contributed by atoms with Gasteiger partial charge in [0.05, 0.1) is 99.1 Å². The smallest absolute Gasteiger partial charge is 0.113 e. The molecular weight excluding hydrogens is 459 g/mol. The predicted molar refractivity (Wildman–Crippen MR) is 135 cm³/mol. The van der Waals surface area contributed by atoms with Crippen molar-refractivity contribution in [1.82, 2.24) is 0 Å². The third-order valence-corrected chi connectivity index (χ3v) is 4.97. The molecule has 0 radical (unpaired) electrons. The van der Waals surface area contributed by atoms with E-state index in [1.54, 1.807) is 0 Å². The van der Waals surface area contributed by atoms with E-state index in [4.69, 9.17) is 37.9 Å². The third-order valence-electron chi connectivity index (χ3n) is 4.97. The summed E-state index contributed by atoms with van der Waals surface area (Å²) in [6, 6.07) is 0. The van der Waals surface area contributed by atoms with Gasteiger partial charge in [0.15, 0.2) is 0 Å². The summed E-state index contributed by atoms with van der Waals surface area (Å²) in [5.74, 6) is 0. The predicted octanol–water partition coefficient (Wildman–Crippen LogP) is 4.23. The summed E-state index contributed by atoms with van der Waals surface area (Å²) in [4.78, 5) is 0. The molecule has 9 heteroatoms. The Labute approximate surface area is 213 Å². The lowest BCUT2D eigenvalue weighted by Crippen LogP contribution is -2.15. The van der Waals surface area contributed by atoms with Gasteiger partial charge in [-0.15, -0.1) is 0 Å². The maximum absolute atomic E-state index is 11.8. The lowest BCUT2D eigenvalue weighted by atomic mass is 10.1. The van der Waals surface area contributed by atoms with Crippen molar-refractivity contribution in [3.63, 3.8) is 0 Å². The summed E-state index contributed by atoms with van der Waals surface area (Å²) in [7, 11) is 0. The second kappa shape index (κ2) is 33.6. The number of halogens is 1. The van der Waals surface area contributed by atoms with Crippen molar-refractivity contribution < 1.29 is 42.3 Å². The fraction of sp³-hybridized carbons (Fsp3) is 1.00. The molecule has 0 saturated carbocycles. The molecule has 0 bridgehead atoms. The van der Waals surface area contributed by atoms with E-state index in [0.717, 1.165) is 13.0 Å². The van der Waals surface area contributed by atoms with Gasteiger partial charge in [-0.1, -0.05) is 51.9 Å². The molecule has 0 aliphatic heterocycles. The molecule has 0 aromatic carbocycles. The number of hydrogen-bond donors (Lipinski definition) is 0. The molecule has 0 spiro atoms. The van der Waals surface area contributed by atoms with Gasteiger partial charge in [-0.25, -0.2) is 4.39 Å². The number of unbranched alkanes of at least 4 members (excludes halogenated alkanes) is 7. The Morgan fingerprint density at radius 1 is 0.314 bits per heavy atom. The van der Waals surface area contributed by atoms with Crippen LogP contribution in [0.4, 0.5) is 4.39 Å². The highest BCUT2D eigenvalue weighted by Crippen LogP contribution is 2.08. The molecule has 0 aromatic rings. The number of ether oxygens (including phenoxy) is 8. The van der Waals surface area contributed by atoms with Crippen LogP contribution in [0.15, 0.2) is 0 Å². The summed E-state index contributed by atoms with van der Waals surface area (Å²) in [6.07, 6.45) is 10.5. The van der Waals surface area contributed by atoms with Gasteiger partial charge >= 0.3 is 0 Å². The zero-order valence-corrected chi connectivity index (χ0v) is 22.3. The van der Waals surface area contributed by atoms with Crippen LogP contribution in [0.1, 0.15) is 58.3 Å². The topological polar surface area (TPSA) is 73.8 Å². The minimum absolute atomic E-state index is 0.124. The lowest BCUT2D eigenvalue weighted by Gasteiger charge is -2.08. The van der Waals surface area contributed by atoms with E-state index >= 15 is 0 Å². The average molecular weight is 513 g/mol. The summed E-state index contributed by atoms with van der Waals surface area (Å²) in [5, 5.41) is 0. The van der Waals surface area contributed by atoms with Gasteiger partial charge < -0.3 is 37.9 Å². The van der Waals surface area contributed by atoms with E-state index in [9.17, 15) is 4.39 Å². The van der Waals surface area contributed by atoms with E-state index in [2.05, 4.69) is 6.92 Å². The van der Waals surface area contributed by atoms with Crippen LogP contribution in [0.25, 0.3) is 0 Å². The van der Waals surface area contributed by atoms with Crippen molar-refractivity contribution in [1.29, 1.82) is 0 Å². The zero-order chi connectivity index (χ0) is 25.3. The molecule has 0 atom stereocenters. The summed E-state index contributed by atoms with van der Waals surface area (Å²) >= 11 is 0. The lowest BCUT2D eigenvalue weighted by molar-refractivity contribution is -0.0233. The van der Waals surface area contributed by atoms with Gasteiger partial charge in [-0.3, -0.25) is 0 Å². The van der Waals surface area contributed by atoms with Crippen molar-refractivity contribution in [3.05, 3.63) is 0 Å². The van der Waals surface area contributed by atoms with Crippen LogP contribution in [0, 0.1) is 0 Å². The first kappa shape index (κ1) is 34.6. The van der Waals surface area contributed by atoms with Crippen LogP contribution in [0.2, 0.25) is 0 Å². The first-order chi connectivity index (χ1) is 17.4. The van der Waals surface area contributed by atoms with Gasteiger partial charge in [0.1, 0.15) is 6.67 Å². The Morgan fingerprint density at radius 3 is 0.886 bits per heavy atom. The minimum Gasteiger partial charge on any atom is -0.379 e. The second-order valence-electron chi connectivity index (χ2n) is 8.06. The molecule has 0 saturated heterocycles. The molecule has 212 valence electrons. The molecule has 0 heterocycles. The molecule has 35 heavy (non-hydrogen) atoms. The monoisotopic (exact) mass is 512 g/mol. The van der Waals surface area contributed by atoms with Crippen LogP contribution >= 0.6 is 0 Å². The van der Waals surface area contributed by atoms with Gasteiger partial charge in [0, 0.05) is 6.61 Å². The maximum atomic E-state index is 11.8. The summed E-state index contributed by atoms with van der Waals surface area (Å²) in [5.41, 5.74) is 0. The third kappa shape index (κ3) is 33.6. The first-order valence-electron chi connectivity index (χ1n) is 13.6. The van der Waals surface area contributed by atoms with E-state index in [1.165, 1.54) is 44.9 Å². The fourth-order valence-electron chi connectivity index (χ4n) is 3.03. The Hall–Kier alpha value is -0.390. The van der Waals surface area contributed by atoms with Gasteiger partial charge in [-0.2, -0.15) is 0 Å². The second-order valence-corrected chi connectivity index (χ2v) is 8.06. The van der Waals surface area contributed by atoms with Gasteiger partial charge in [0.25, 0.3) is 0 Å². The van der Waals surface area contributed by atoms with E-state index < -0.39 is 6.67 Å². The maximum Gasteiger partial charge on any atom is 0.113 e. The van der Waals surface area contributed by atoms with Crippen molar-refractivity contribution >= 4 is 0 Å². The van der Waals surface area contributed by atoms with Crippen LogP contribution in [-0.2, 0) is 37.9 Å². The zero-order valence-electron chi connectivity index (χ0n) is 22.3. The molecule has 0 unspecified atom stereocenters. The van der Waals surface area contributed by atoms with Crippen molar-refractivity contribution in [2.45, 2.75) is 58.3 Å². The molecule has 8 nitrogen and oxygen atoms in total. The molecule has 0 aliphatic carbocycles. The van der Waals surface area contributed by atoms with E-state index in [-0.39, 0.29) is 6.61 Å². The highest BCUT2D eigenvalue weighted by atomic mass is 19.1. The SMILES string of the molecule is CCCCCCCCCCOCCOCCOCCOCCOCCOCCOCCOCCF. The number of hydrogen-bond acceptors (Lipinski definition) is 8. The molecular formula is C26H53FO8. The highest BCUT2D eigenvalue weighted by Gasteiger charge is 1.96. The molecule has 0 rings (SSSR count). The number of alkyl halides is 1.